The van der Waals surface area contributed by atoms with E-state index in [0.717, 1.165) is 11.1 Å². The number of anilines is 1. The Morgan fingerprint density at radius 2 is 1.88 bits per heavy atom. The summed E-state index contributed by atoms with van der Waals surface area (Å²) in [5, 5.41) is 0. The topological polar surface area (TPSA) is 48.0 Å². The van der Waals surface area contributed by atoms with Crippen molar-refractivity contribution in [2.24, 2.45) is 0 Å². The maximum Gasteiger partial charge on any atom is 0.270 e. The molecule has 0 atom stereocenters. The summed E-state index contributed by atoms with van der Waals surface area (Å²) < 4.78 is 30.0. The number of halogens is 1. The third-order valence-electron chi connectivity index (χ3n) is 4.88. The second-order valence-corrected chi connectivity index (χ2v) is 8.72. The summed E-state index contributed by atoms with van der Waals surface area (Å²) in [6, 6.07) is 18.9. The van der Waals surface area contributed by atoms with Crippen LogP contribution in [0, 0.1) is 5.82 Å². The van der Waals surface area contributed by atoms with Gasteiger partial charge in [0.2, 0.25) is 6.79 Å². The van der Waals surface area contributed by atoms with E-state index in [1.807, 2.05) is 24.3 Å². The molecule has 32 heavy (non-hydrogen) atoms. The first-order valence-corrected chi connectivity index (χ1v) is 10.9. The zero-order chi connectivity index (χ0) is 22.1. The van der Waals surface area contributed by atoms with Gasteiger partial charge < -0.3 is 14.2 Å². The highest BCUT2D eigenvalue weighted by Crippen LogP contribution is 2.40. The Morgan fingerprint density at radius 3 is 2.72 bits per heavy atom. The molecule has 5 nitrogen and oxygen atoms in total. The first kappa shape index (κ1) is 20.5. The van der Waals surface area contributed by atoms with E-state index in [4.69, 9.17) is 26.4 Å². The molecule has 0 bridgehead atoms. The Kier molecular flexibility index (Phi) is 5.55. The third kappa shape index (κ3) is 4.19. The van der Waals surface area contributed by atoms with E-state index in [9.17, 15) is 9.18 Å². The van der Waals surface area contributed by atoms with Gasteiger partial charge >= 0.3 is 0 Å². The van der Waals surface area contributed by atoms with Crippen molar-refractivity contribution in [3.63, 3.8) is 0 Å². The van der Waals surface area contributed by atoms with Crippen LogP contribution in [0.4, 0.5) is 10.1 Å². The summed E-state index contributed by atoms with van der Waals surface area (Å²) >= 11 is 6.70. The molecule has 2 aliphatic rings. The van der Waals surface area contributed by atoms with Crippen molar-refractivity contribution >= 4 is 46.0 Å². The minimum absolute atomic E-state index is 0.163. The van der Waals surface area contributed by atoms with Crippen molar-refractivity contribution in [3.8, 4) is 17.2 Å². The molecular formula is C24H16FNO4S2. The number of thiocarbonyl (C=S) groups is 1. The molecule has 1 saturated heterocycles. The highest BCUT2D eigenvalue weighted by atomic mass is 32.2. The van der Waals surface area contributed by atoms with Crippen molar-refractivity contribution in [2.75, 3.05) is 11.7 Å². The highest BCUT2D eigenvalue weighted by molar-refractivity contribution is 8.27. The Labute approximate surface area is 193 Å². The molecule has 1 amide bonds. The van der Waals surface area contributed by atoms with E-state index >= 15 is 0 Å². The Morgan fingerprint density at radius 1 is 1.06 bits per heavy atom. The van der Waals surface area contributed by atoms with E-state index < -0.39 is 0 Å². The van der Waals surface area contributed by atoms with Crippen LogP contribution in [0.1, 0.15) is 11.1 Å². The Hall–Kier alpha value is -3.36. The monoisotopic (exact) mass is 465 g/mol. The van der Waals surface area contributed by atoms with Gasteiger partial charge in [0.05, 0.1) is 10.6 Å². The molecule has 3 aromatic rings. The molecule has 1 fully saturated rings. The molecule has 0 unspecified atom stereocenters. The normalized spacial score (nSPS) is 16.2. The summed E-state index contributed by atoms with van der Waals surface area (Å²) in [5.41, 5.74) is 2.31. The van der Waals surface area contributed by atoms with Crippen molar-refractivity contribution in [2.45, 2.75) is 6.61 Å². The number of ether oxygens (including phenoxy) is 3. The van der Waals surface area contributed by atoms with Crippen LogP contribution in [-0.4, -0.2) is 17.0 Å². The van der Waals surface area contributed by atoms with E-state index in [-0.39, 0.29) is 18.5 Å². The molecule has 0 spiro atoms. The predicted molar refractivity (Wildman–Crippen MR) is 125 cm³/mol. The van der Waals surface area contributed by atoms with Crippen molar-refractivity contribution in [1.82, 2.24) is 0 Å². The summed E-state index contributed by atoms with van der Waals surface area (Å²) in [7, 11) is 0. The molecule has 0 N–H and O–H groups in total. The van der Waals surface area contributed by atoms with Crippen LogP contribution in [0.15, 0.2) is 71.6 Å². The number of amides is 1. The molecule has 0 aliphatic carbocycles. The van der Waals surface area contributed by atoms with Gasteiger partial charge in [-0.25, -0.2) is 4.39 Å². The molecule has 160 valence electrons. The first-order chi connectivity index (χ1) is 15.6. The molecule has 0 aromatic heterocycles. The molecule has 5 rings (SSSR count). The molecule has 0 saturated carbocycles. The molecular weight excluding hydrogens is 449 g/mol. The van der Waals surface area contributed by atoms with Gasteiger partial charge in [0.15, 0.2) is 15.8 Å². The van der Waals surface area contributed by atoms with Gasteiger partial charge in [-0.1, -0.05) is 48.2 Å². The lowest BCUT2D eigenvalue weighted by atomic mass is 10.2. The number of rotatable bonds is 5. The standard InChI is InChI=1S/C24H16FNO4S2/c25-17-6-4-15(5-7-17)13-28-19-3-1-2-16(10-19)11-22-23(27)26(24(31)32-22)18-8-9-20-21(12-18)30-14-29-20/h1-12H,13-14H2/b22-11+. The van der Waals surface area contributed by atoms with Gasteiger partial charge in [0.1, 0.15) is 18.2 Å². The summed E-state index contributed by atoms with van der Waals surface area (Å²) in [4.78, 5) is 15.1. The Balaban J connectivity index is 1.32. The number of carbonyl (C=O) groups excluding carboxylic acids is 1. The van der Waals surface area contributed by atoms with Crippen LogP contribution in [0.5, 0.6) is 17.2 Å². The number of benzene rings is 3. The van der Waals surface area contributed by atoms with Gasteiger partial charge in [-0.15, -0.1) is 0 Å². The second-order valence-electron chi connectivity index (χ2n) is 7.04. The SMILES string of the molecule is O=C1/C(=C\c2cccc(OCc3ccc(F)cc3)c2)SC(=S)N1c1ccc2c(c1)OCO2. The number of hydrogen-bond donors (Lipinski definition) is 0. The smallest absolute Gasteiger partial charge is 0.270 e. The fraction of sp³-hybridized carbons (Fsp3) is 0.0833. The third-order valence-corrected chi connectivity index (χ3v) is 6.18. The number of carbonyl (C=O) groups is 1. The molecule has 3 aromatic carbocycles. The molecule has 2 heterocycles. The van der Waals surface area contributed by atoms with E-state index in [0.29, 0.717) is 38.8 Å². The van der Waals surface area contributed by atoms with Crippen LogP contribution < -0.4 is 19.1 Å². The Bertz CT molecular complexity index is 1240. The van der Waals surface area contributed by atoms with Gasteiger partial charge in [0, 0.05) is 6.07 Å². The highest BCUT2D eigenvalue weighted by Gasteiger charge is 2.34. The average molecular weight is 466 g/mol. The number of hydrogen-bond acceptors (Lipinski definition) is 6. The lowest BCUT2D eigenvalue weighted by molar-refractivity contribution is -0.113. The van der Waals surface area contributed by atoms with Crippen LogP contribution in [0.25, 0.3) is 6.08 Å². The van der Waals surface area contributed by atoms with Gasteiger partial charge in [0.25, 0.3) is 5.91 Å². The fourth-order valence-electron chi connectivity index (χ4n) is 3.31. The van der Waals surface area contributed by atoms with Crippen LogP contribution in [-0.2, 0) is 11.4 Å². The molecule has 0 radical (unpaired) electrons. The maximum atomic E-state index is 13.1. The zero-order valence-corrected chi connectivity index (χ0v) is 18.3. The zero-order valence-electron chi connectivity index (χ0n) is 16.6. The quantitative estimate of drug-likeness (QED) is 0.364. The average Bonchev–Trinajstić information content (AvgIpc) is 3.37. The summed E-state index contributed by atoms with van der Waals surface area (Å²) in [5.74, 6) is 1.40. The van der Waals surface area contributed by atoms with E-state index in [2.05, 4.69) is 0 Å². The predicted octanol–water partition coefficient (Wildman–Crippen LogP) is 5.54. The van der Waals surface area contributed by atoms with Gasteiger partial charge in [-0.05, 0) is 53.6 Å². The first-order valence-electron chi connectivity index (χ1n) is 9.72. The van der Waals surface area contributed by atoms with Crippen molar-refractivity contribution < 1.29 is 23.4 Å². The van der Waals surface area contributed by atoms with Crippen molar-refractivity contribution in [3.05, 3.63) is 88.6 Å². The molecule has 8 heteroatoms. The summed E-state index contributed by atoms with van der Waals surface area (Å²) in [6.45, 7) is 0.479. The lowest BCUT2D eigenvalue weighted by Gasteiger charge is -2.14. The van der Waals surface area contributed by atoms with E-state index in [1.165, 1.54) is 28.8 Å². The van der Waals surface area contributed by atoms with Crippen LogP contribution in [0.3, 0.4) is 0 Å². The number of nitrogens with zero attached hydrogens (tertiary/aromatic N) is 1. The lowest BCUT2D eigenvalue weighted by Crippen LogP contribution is -2.27. The maximum absolute atomic E-state index is 13.1. The van der Waals surface area contributed by atoms with Crippen LogP contribution >= 0.6 is 24.0 Å². The molecule has 2 aliphatic heterocycles. The number of fused-ring (bicyclic) bond motifs is 1. The largest absolute Gasteiger partial charge is 0.489 e. The van der Waals surface area contributed by atoms with Crippen LogP contribution in [0.2, 0.25) is 0 Å². The minimum Gasteiger partial charge on any atom is -0.489 e. The van der Waals surface area contributed by atoms with Gasteiger partial charge in [-0.3, -0.25) is 9.69 Å². The number of thioether (sulfide) groups is 1. The van der Waals surface area contributed by atoms with E-state index in [1.54, 1.807) is 36.4 Å². The van der Waals surface area contributed by atoms with Gasteiger partial charge in [-0.2, -0.15) is 0 Å². The van der Waals surface area contributed by atoms with Crippen molar-refractivity contribution in [1.29, 1.82) is 0 Å². The second kappa shape index (κ2) is 8.64. The minimum atomic E-state index is -0.284. The summed E-state index contributed by atoms with van der Waals surface area (Å²) in [6.07, 6.45) is 1.79. The fourth-order valence-corrected chi connectivity index (χ4v) is 4.61.